The molecular formula is C23H28N4OS. The molecule has 1 aromatic heterocycles. The number of amides is 1. The number of thiazole rings is 1. The van der Waals surface area contributed by atoms with Gasteiger partial charge in [-0.05, 0) is 42.3 Å². The van der Waals surface area contributed by atoms with E-state index in [1.54, 1.807) is 11.3 Å². The summed E-state index contributed by atoms with van der Waals surface area (Å²) in [6.45, 7) is 8.49. The molecule has 0 spiro atoms. The van der Waals surface area contributed by atoms with Crippen LogP contribution in [0.25, 0.3) is 10.2 Å². The lowest BCUT2D eigenvalue weighted by Gasteiger charge is -2.31. The zero-order valence-electron chi connectivity index (χ0n) is 17.3. The lowest BCUT2D eigenvalue weighted by molar-refractivity contribution is -0.115. The predicted molar refractivity (Wildman–Crippen MR) is 122 cm³/mol. The Morgan fingerprint density at radius 1 is 1.10 bits per heavy atom. The third kappa shape index (κ3) is 4.77. The van der Waals surface area contributed by atoms with Gasteiger partial charge in [0.1, 0.15) is 0 Å². The summed E-state index contributed by atoms with van der Waals surface area (Å²) in [5, 5.41) is 4.11. The Balaban J connectivity index is 1.41. The van der Waals surface area contributed by atoms with Gasteiger partial charge in [0.2, 0.25) is 5.91 Å². The smallest absolute Gasteiger partial charge is 0.228 e. The molecule has 0 unspecified atom stereocenters. The van der Waals surface area contributed by atoms with Crippen LogP contribution in [0.15, 0.2) is 42.5 Å². The third-order valence-corrected chi connectivity index (χ3v) is 6.52. The summed E-state index contributed by atoms with van der Waals surface area (Å²) < 4.78 is 1.11. The van der Waals surface area contributed by atoms with Gasteiger partial charge < -0.3 is 15.1 Å². The molecule has 1 aliphatic heterocycles. The zero-order chi connectivity index (χ0) is 20.4. The summed E-state index contributed by atoms with van der Waals surface area (Å²) in [7, 11) is 2.16. The van der Waals surface area contributed by atoms with Crippen molar-refractivity contribution < 1.29 is 4.79 Å². The molecule has 152 valence electrons. The second-order valence-electron chi connectivity index (χ2n) is 8.09. The number of rotatable bonds is 5. The monoisotopic (exact) mass is 408 g/mol. The molecule has 1 fully saturated rings. The maximum Gasteiger partial charge on any atom is 0.228 e. The number of likely N-dealkylation sites (N-methyl/N-ethyl adjacent to an activating group) is 1. The highest BCUT2D eigenvalue weighted by atomic mass is 32.1. The summed E-state index contributed by atoms with van der Waals surface area (Å²) in [6.07, 6.45) is 0.381. The first kappa shape index (κ1) is 19.9. The maximum absolute atomic E-state index is 12.5. The van der Waals surface area contributed by atoms with Gasteiger partial charge in [0.25, 0.3) is 0 Å². The molecule has 1 aliphatic rings. The van der Waals surface area contributed by atoms with Crippen LogP contribution in [0.4, 0.5) is 10.8 Å². The largest absolute Gasteiger partial charge is 0.345 e. The fourth-order valence-corrected chi connectivity index (χ4v) is 4.59. The highest BCUT2D eigenvalue weighted by Gasteiger charge is 2.18. The summed E-state index contributed by atoms with van der Waals surface area (Å²) >= 11 is 1.70. The van der Waals surface area contributed by atoms with E-state index in [0.29, 0.717) is 12.3 Å². The van der Waals surface area contributed by atoms with Gasteiger partial charge >= 0.3 is 0 Å². The number of nitrogens with one attached hydrogen (secondary N) is 1. The number of nitrogens with zero attached hydrogens (tertiary/aromatic N) is 3. The first-order chi connectivity index (χ1) is 14.0. The number of hydrogen-bond acceptors (Lipinski definition) is 5. The molecule has 0 radical (unpaired) electrons. The molecule has 0 atom stereocenters. The number of anilines is 2. The number of carbonyl (C=O) groups is 1. The second-order valence-corrected chi connectivity index (χ2v) is 9.10. The van der Waals surface area contributed by atoms with Crippen LogP contribution in [0.2, 0.25) is 0 Å². The van der Waals surface area contributed by atoms with Crippen molar-refractivity contribution in [2.45, 2.75) is 26.2 Å². The van der Waals surface area contributed by atoms with Gasteiger partial charge in [-0.25, -0.2) is 4.98 Å². The van der Waals surface area contributed by atoms with Crippen LogP contribution < -0.4 is 10.2 Å². The summed E-state index contributed by atoms with van der Waals surface area (Å²) in [5.41, 5.74) is 4.14. The van der Waals surface area contributed by atoms with E-state index in [4.69, 9.17) is 4.98 Å². The van der Waals surface area contributed by atoms with E-state index in [2.05, 4.69) is 48.1 Å². The number of hydrogen-bond donors (Lipinski definition) is 1. The number of carbonyl (C=O) groups excluding carboxylic acids is 1. The van der Waals surface area contributed by atoms with Crippen LogP contribution in [0.1, 0.15) is 30.9 Å². The van der Waals surface area contributed by atoms with Gasteiger partial charge in [0, 0.05) is 31.9 Å². The van der Waals surface area contributed by atoms with Gasteiger partial charge in [0.05, 0.1) is 16.6 Å². The molecule has 3 aromatic rings. The highest BCUT2D eigenvalue weighted by molar-refractivity contribution is 7.22. The number of fused-ring (bicyclic) bond motifs is 1. The van der Waals surface area contributed by atoms with Gasteiger partial charge in [0.15, 0.2) is 5.13 Å². The topological polar surface area (TPSA) is 48.5 Å². The van der Waals surface area contributed by atoms with Crippen molar-refractivity contribution in [3.05, 3.63) is 53.6 Å². The Morgan fingerprint density at radius 3 is 2.52 bits per heavy atom. The van der Waals surface area contributed by atoms with Crippen molar-refractivity contribution in [2.24, 2.45) is 0 Å². The summed E-state index contributed by atoms with van der Waals surface area (Å²) in [4.78, 5) is 22.0. The van der Waals surface area contributed by atoms with Gasteiger partial charge in [-0.2, -0.15) is 0 Å². The van der Waals surface area contributed by atoms with Crippen LogP contribution in [0.5, 0.6) is 0 Å². The van der Waals surface area contributed by atoms with Crippen LogP contribution >= 0.6 is 11.3 Å². The van der Waals surface area contributed by atoms with Crippen molar-refractivity contribution in [3.63, 3.8) is 0 Å². The minimum absolute atomic E-state index is 0.00505. The van der Waals surface area contributed by atoms with Crippen LogP contribution in [0, 0.1) is 0 Å². The number of aromatic nitrogens is 1. The van der Waals surface area contributed by atoms with E-state index < -0.39 is 0 Å². The molecule has 1 N–H and O–H groups in total. The van der Waals surface area contributed by atoms with Crippen molar-refractivity contribution in [3.8, 4) is 0 Å². The Bertz CT molecular complexity index is 988. The number of piperazine rings is 1. The molecule has 2 heterocycles. The zero-order valence-corrected chi connectivity index (χ0v) is 18.1. The first-order valence-corrected chi connectivity index (χ1v) is 11.0. The summed E-state index contributed by atoms with van der Waals surface area (Å²) in [6, 6.07) is 14.3. The molecule has 0 bridgehead atoms. The third-order valence-electron chi connectivity index (χ3n) is 5.45. The van der Waals surface area contributed by atoms with Gasteiger partial charge in [-0.15, -0.1) is 0 Å². The van der Waals surface area contributed by atoms with Gasteiger partial charge in [-0.1, -0.05) is 49.4 Å². The van der Waals surface area contributed by atoms with E-state index in [9.17, 15) is 4.79 Å². The lowest BCUT2D eigenvalue weighted by Crippen LogP contribution is -2.44. The Kier molecular flexibility index (Phi) is 5.83. The molecule has 2 aromatic carbocycles. The van der Waals surface area contributed by atoms with E-state index in [1.807, 2.05) is 30.3 Å². The van der Waals surface area contributed by atoms with Crippen LogP contribution in [-0.4, -0.2) is 49.0 Å². The molecule has 6 heteroatoms. The molecule has 29 heavy (non-hydrogen) atoms. The lowest BCUT2D eigenvalue weighted by atomic mass is 10.0. The standard InChI is InChI=1S/C23H28N4OS/c1-16(2)18-6-4-17(5-7-18)14-22(28)24-19-8-9-20-21(15-19)29-23(25-20)27-12-10-26(3)11-13-27/h4-9,15-16H,10-14H2,1-3H3,(H,24,28). The summed E-state index contributed by atoms with van der Waals surface area (Å²) in [5.74, 6) is 0.505. The van der Waals surface area contributed by atoms with Crippen LogP contribution in [0.3, 0.4) is 0 Å². The molecule has 5 nitrogen and oxygen atoms in total. The van der Waals surface area contributed by atoms with Crippen LogP contribution in [-0.2, 0) is 11.2 Å². The average Bonchev–Trinajstić information content (AvgIpc) is 3.12. The fourth-order valence-electron chi connectivity index (χ4n) is 3.53. The van der Waals surface area contributed by atoms with Crippen molar-refractivity contribution in [1.82, 2.24) is 9.88 Å². The minimum atomic E-state index is 0.00505. The first-order valence-electron chi connectivity index (χ1n) is 10.2. The fraction of sp³-hybridized carbons (Fsp3) is 0.391. The molecular weight excluding hydrogens is 380 g/mol. The molecule has 0 aliphatic carbocycles. The van der Waals surface area contributed by atoms with E-state index >= 15 is 0 Å². The average molecular weight is 409 g/mol. The Morgan fingerprint density at radius 2 is 1.83 bits per heavy atom. The quantitative estimate of drug-likeness (QED) is 0.682. The van der Waals surface area contributed by atoms with E-state index in [0.717, 1.165) is 52.8 Å². The van der Waals surface area contributed by atoms with Crippen molar-refractivity contribution >= 4 is 38.3 Å². The van der Waals surface area contributed by atoms with E-state index in [-0.39, 0.29) is 5.91 Å². The van der Waals surface area contributed by atoms with Crippen molar-refractivity contribution in [1.29, 1.82) is 0 Å². The minimum Gasteiger partial charge on any atom is -0.345 e. The van der Waals surface area contributed by atoms with Crippen molar-refractivity contribution in [2.75, 3.05) is 43.4 Å². The molecule has 1 saturated heterocycles. The predicted octanol–water partition coefficient (Wildman–Crippen LogP) is 4.35. The maximum atomic E-state index is 12.5. The molecule has 4 rings (SSSR count). The van der Waals surface area contributed by atoms with Gasteiger partial charge in [-0.3, -0.25) is 4.79 Å². The van der Waals surface area contributed by atoms with E-state index in [1.165, 1.54) is 5.56 Å². The Labute approximate surface area is 176 Å². The highest BCUT2D eigenvalue weighted by Crippen LogP contribution is 2.31. The SMILES string of the molecule is CC(C)c1ccc(CC(=O)Nc2ccc3nc(N4CCN(C)CC4)sc3c2)cc1. The number of benzene rings is 2. The molecule has 0 saturated carbocycles. The second kappa shape index (κ2) is 8.51. The Hall–Kier alpha value is -2.44. The molecule has 1 amide bonds. The normalized spacial score (nSPS) is 15.2.